The van der Waals surface area contributed by atoms with Crippen molar-refractivity contribution >= 4 is 59.5 Å². The molecule has 17 nitrogen and oxygen atoms in total. The molecule has 2 aromatic rings. The first-order chi connectivity index (χ1) is 20.5. The summed E-state index contributed by atoms with van der Waals surface area (Å²) >= 11 is 1.01. The Morgan fingerprint density at radius 1 is 1.33 bits per heavy atom. The molecule has 1 unspecified atom stereocenters. The van der Waals surface area contributed by atoms with Gasteiger partial charge in [0.15, 0.2) is 11.2 Å². The summed E-state index contributed by atoms with van der Waals surface area (Å²) in [6.07, 6.45) is 1.13. The Morgan fingerprint density at radius 2 is 2.09 bits per heavy atom. The van der Waals surface area contributed by atoms with E-state index in [2.05, 4.69) is 20.8 Å². The van der Waals surface area contributed by atoms with Gasteiger partial charge in [0.1, 0.15) is 17.9 Å². The summed E-state index contributed by atoms with van der Waals surface area (Å²) in [6.45, 7) is 2.38. The molecule has 0 radical (unpaired) electrons. The van der Waals surface area contributed by atoms with Crippen molar-refractivity contribution in [2.75, 3.05) is 38.5 Å². The van der Waals surface area contributed by atoms with E-state index in [1.54, 1.807) is 13.0 Å². The van der Waals surface area contributed by atoms with Crippen LogP contribution in [0, 0.1) is 0 Å². The van der Waals surface area contributed by atoms with Gasteiger partial charge in [0.2, 0.25) is 5.91 Å². The number of hydrogen-bond donors (Lipinski definition) is 6. The number of carbonyl (C=O) groups is 5. The predicted octanol–water partition coefficient (Wildman–Crippen LogP) is -1.69. The number of oxime groups is 1. The van der Waals surface area contributed by atoms with Crippen LogP contribution in [0.3, 0.4) is 0 Å². The fourth-order valence-electron chi connectivity index (χ4n) is 4.47. The number of amides is 5. The highest BCUT2D eigenvalue weighted by Crippen LogP contribution is 2.32. The molecule has 5 amide bonds. The quantitative estimate of drug-likeness (QED) is 0.0575. The third-order valence-corrected chi connectivity index (χ3v) is 7.30. The van der Waals surface area contributed by atoms with Crippen LogP contribution in [0.5, 0.6) is 5.75 Å². The lowest BCUT2D eigenvalue weighted by Crippen LogP contribution is -2.60. The van der Waals surface area contributed by atoms with Gasteiger partial charge in [0.05, 0.1) is 17.8 Å². The molecule has 43 heavy (non-hydrogen) atoms. The number of benzene rings is 1. The molecule has 0 aliphatic carbocycles. The minimum absolute atomic E-state index is 0.0462. The fourth-order valence-corrected chi connectivity index (χ4v) is 5.06. The van der Waals surface area contributed by atoms with Gasteiger partial charge in [0, 0.05) is 37.1 Å². The van der Waals surface area contributed by atoms with Gasteiger partial charge in [-0.2, -0.15) is 0 Å². The van der Waals surface area contributed by atoms with Crippen molar-refractivity contribution in [3.63, 3.8) is 0 Å². The van der Waals surface area contributed by atoms with Gasteiger partial charge in [-0.25, -0.2) is 14.6 Å². The number of aromatic carboxylic acids is 1. The number of carboxylic acids is 1. The number of nitrogens with zero attached hydrogens (tertiary/aromatic N) is 4. The zero-order valence-electron chi connectivity index (χ0n) is 22.9. The Morgan fingerprint density at radius 3 is 2.74 bits per heavy atom. The van der Waals surface area contributed by atoms with E-state index >= 15 is 0 Å². The second-order valence-electron chi connectivity index (χ2n) is 9.34. The zero-order valence-corrected chi connectivity index (χ0v) is 23.7. The molecule has 0 spiro atoms. The summed E-state index contributed by atoms with van der Waals surface area (Å²) in [5.41, 5.74) is 11.4. The highest BCUT2D eigenvalue weighted by atomic mass is 32.1. The number of nitrogens with two attached hydrogens (primary N) is 2. The maximum Gasteiger partial charge on any atom is 0.547 e. The number of hydrogen-bond acceptors (Lipinski definition) is 13. The van der Waals surface area contributed by atoms with Crippen LogP contribution >= 0.6 is 11.3 Å². The number of carbonyl (C=O) groups excluding carboxylic acids is 4. The highest BCUT2D eigenvalue weighted by Gasteiger charge is 2.41. The number of fused-ring (bicyclic) bond motifs is 1. The molecule has 1 aromatic heterocycles. The summed E-state index contributed by atoms with van der Waals surface area (Å²) in [5, 5.41) is 30.8. The molecule has 19 heteroatoms. The van der Waals surface area contributed by atoms with Crippen molar-refractivity contribution in [2.24, 2.45) is 10.9 Å². The second-order valence-corrected chi connectivity index (χ2v) is 10.2. The highest BCUT2D eigenvalue weighted by molar-refractivity contribution is 7.13. The summed E-state index contributed by atoms with van der Waals surface area (Å²) in [5.74, 6) is -5.26. The Balaban J connectivity index is 1.53. The van der Waals surface area contributed by atoms with E-state index in [4.69, 9.17) is 21.0 Å². The average molecular weight is 616 g/mol. The molecule has 0 bridgehead atoms. The third-order valence-electron chi connectivity index (χ3n) is 6.61. The summed E-state index contributed by atoms with van der Waals surface area (Å²) < 4.78 is 5.54. The van der Waals surface area contributed by atoms with Gasteiger partial charge >= 0.3 is 30.9 Å². The van der Waals surface area contributed by atoms with Crippen LogP contribution in [-0.4, -0.2) is 107 Å². The molecule has 1 saturated heterocycles. The molecule has 1 aromatic carbocycles. The SMILES string of the molecule is CCN1CCN(C(=O)NC(C(=O)N[C@H]2Cc3ccc(/C=N/OCCN)c(C(=O)O)c3OB2O)c2csc(N)n2)C(=O)C1=O. The van der Waals surface area contributed by atoms with E-state index < -0.39 is 48.8 Å². The van der Waals surface area contributed by atoms with Crippen molar-refractivity contribution in [2.45, 2.75) is 25.3 Å². The standard InChI is InChI=1S/C24H29BN8O9S/c1-2-32-6-7-33(21(36)20(32)35)24(39)31-17(14-11-43-23(27)29-14)19(34)30-15-9-12-3-4-13(10-28-41-8-5-26)16(22(37)38)18(12)42-25(15)40/h3-4,10-11,15,17,40H,2,5-9,26H2,1H3,(H2,27,29)(H,30,34)(H,31,39)(H,37,38)/b28-10+/t15-,17?/m0/s1. The lowest BCUT2D eigenvalue weighted by molar-refractivity contribution is -0.153. The van der Waals surface area contributed by atoms with Crippen molar-refractivity contribution in [1.29, 1.82) is 0 Å². The monoisotopic (exact) mass is 616 g/mol. The number of nitrogen functional groups attached to an aromatic ring is 1. The van der Waals surface area contributed by atoms with Crippen LogP contribution in [0.15, 0.2) is 22.7 Å². The van der Waals surface area contributed by atoms with Gasteiger partial charge < -0.3 is 46.6 Å². The summed E-state index contributed by atoms with van der Waals surface area (Å²) in [7, 11) is -1.69. The lowest BCUT2D eigenvalue weighted by atomic mass is 9.72. The van der Waals surface area contributed by atoms with Gasteiger partial charge in [-0.1, -0.05) is 17.3 Å². The Labute approximate surface area is 248 Å². The molecule has 228 valence electrons. The second kappa shape index (κ2) is 13.5. The number of likely N-dealkylation sites (N-methyl/N-ethyl adjacent to an activating group) is 1. The van der Waals surface area contributed by atoms with Gasteiger partial charge in [-0.15, -0.1) is 11.3 Å². The van der Waals surface area contributed by atoms with Crippen LogP contribution in [0.1, 0.15) is 40.1 Å². The molecular weight excluding hydrogens is 587 g/mol. The summed E-state index contributed by atoms with van der Waals surface area (Å²) in [4.78, 5) is 74.3. The largest absolute Gasteiger partial charge is 0.547 e. The first-order valence-corrected chi connectivity index (χ1v) is 13.9. The number of aromatic nitrogens is 1. The first-order valence-electron chi connectivity index (χ1n) is 13.1. The molecule has 1 fully saturated rings. The average Bonchev–Trinajstić information content (AvgIpc) is 3.41. The number of imide groups is 1. The topological polar surface area (TPSA) is 252 Å². The van der Waals surface area contributed by atoms with Gasteiger partial charge in [0.25, 0.3) is 0 Å². The van der Waals surface area contributed by atoms with Crippen molar-refractivity contribution in [3.8, 4) is 5.75 Å². The molecule has 2 atom stereocenters. The van der Waals surface area contributed by atoms with Gasteiger partial charge in [-0.05, 0) is 18.9 Å². The van der Waals surface area contributed by atoms with Crippen LogP contribution in [0.25, 0.3) is 0 Å². The minimum Gasteiger partial charge on any atom is -0.534 e. The summed E-state index contributed by atoms with van der Waals surface area (Å²) in [6, 6.07) is 0.552. The molecule has 4 rings (SSSR count). The molecule has 2 aliphatic rings. The lowest BCUT2D eigenvalue weighted by Gasteiger charge is -2.33. The van der Waals surface area contributed by atoms with Crippen molar-refractivity contribution in [3.05, 3.63) is 39.9 Å². The zero-order chi connectivity index (χ0) is 31.3. The smallest absolute Gasteiger partial charge is 0.534 e. The molecule has 8 N–H and O–H groups in total. The van der Waals surface area contributed by atoms with E-state index in [9.17, 15) is 34.1 Å². The fraction of sp³-hybridized carbons (Fsp3) is 0.375. The maximum atomic E-state index is 13.5. The van der Waals surface area contributed by atoms with E-state index in [1.165, 1.54) is 22.6 Å². The Kier molecular flexibility index (Phi) is 9.79. The molecule has 3 heterocycles. The Bertz CT molecular complexity index is 1450. The van der Waals surface area contributed by atoms with Crippen LogP contribution in [-0.2, 0) is 25.6 Å². The van der Waals surface area contributed by atoms with E-state index in [0.29, 0.717) is 17.0 Å². The normalized spacial score (nSPS) is 17.4. The third kappa shape index (κ3) is 6.84. The molecule has 2 aliphatic heterocycles. The minimum atomic E-state index is -1.69. The number of rotatable bonds is 10. The van der Waals surface area contributed by atoms with Crippen LogP contribution in [0.2, 0.25) is 0 Å². The molecule has 0 saturated carbocycles. The molecular formula is C24H29BN8O9S. The van der Waals surface area contributed by atoms with E-state index in [1.807, 2.05) is 0 Å². The van der Waals surface area contributed by atoms with Crippen molar-refractivity contribution in [1.82, 2.24) is 25.4 Å². The Hall–Kier alpha value is -4.75. The van der Waals surface area contributed by atoms with E-state index in [0.717, 1.165) is 11.3 Å². The number of anilines is 1. The number of nitrogens with one attached hydrogen (secondary N) is 2. The number of piperazine rings is 1. The van der Waals surface area contributed by atoms with Crippen LogP contribution < -0.4 is 26.8 Å². The maximum absolute atomic E-state index is 13.5. The predicted molar refractivity (Wildman–Crippen MR) is 152 cm³/mol. The number of thiazole rings is 1. The number of carboxylic acid groups (broad SMARTS) is 1. The van der Waals surface area contributed by atoms with Gasteiger partial charge in [-0.3, -0.25) is 19.3 Å². The first kappa shape index (κ1) is 31.2. The van der Waals surface area contributed by atoms with Crippen molar-refractivity contribution < 1.29 is 43.6 Å². The van der Waals surface area contributed by atoms with Crippen LogP contribution in [0.4, 0.5) is 9.93 Å². The van der Waals surface area contributed by atoms with E-state index in [-0.39, 0.29) is 60.4 Å². The number of urea groups is 1.